The Morgan fingerprint density at radius 3 is 2.32 bits per heavy atom. The molecule has 0 radical (unpaired) electrons. The Hall–Kier alpha value is -2.59. The lowest BCUT2D eigenvalue weighted by molar-refractivity contribution is -0.139. The number of Topliss-reactive ketones (excluding diaryl/α,β-unsaturated/α-hetero) is 1. The van der Waals surface area contributed by atoms with E-state index in [0.717, 1.165) is 12.0 Å². The predicted octanol–water partition coefficient (Wildman–Crippen LogP) is 4.17. The molecule has 1 N–H and O–H groups in total. The van der Waals surface area contributed by atoms with Crippen LogP contribution in [0.15, 0.2) is 60.2 Å². The second-order valence-corrected chi connectivity index (χ2v) is 6.35. The highest BCUT2D eigenvalue weighted by molar-refractivity contribution is 6.46. The van der Waals surface area contributed by atoms with Crippen LogP contribution >= 0.6 is 11.6 Å². The number of aliphatic hydroxyl groups is 1. The predicted molar refractivity (Wildman–Crippen MR) is 97.2 cm³/mol. The average molecular weight is 356 g/mol. The van der Waals surface area contributed by atoms with Crippen molar-refractivity contribution in [1.29, 1.82) is 0 Å². The van der Waals surface area contributed by atoms with E-state index in [4.69, 9.17) is 11.6 Å². The van der Waals surface area contributed by atoms with Crippen LogP contribution in [-0.4, -0.2) is 28.2 Å². The lowest BCUT2D eigenvalue weighted by Gasteiger charge is -2.24. The molecule has 1 unspecified atom stereocenters. The van der Waals surface area contributed by atoms with Gasteiger partial charge in [0.25, 0.3) is 11.7 Å². The van der Waals surface area contributed by atoms with Gasteiger partial charge in [-0.05, 0) is 36.2 Å². The Balaban J connectivity index is 2.17. The quantitative estimate of drug-likeness (QED) is 0.508. The molecule has 2 aromatic carbocycles. The van der Waals surface area contributed by atoms with Crippen LogP contribution in [0.5, 0.6) is 0 Å². The number of ketones is 1. The van der Waals surface area contributed by atoms with E-state index in [0.29, 0.717) is 17.1 Å². The number of carbonyl (C=O) groups excluding carboxylic acids is 2. The van der Waals surface area contributed by atoms with Gasteiger partial charge in [0.2, 0.25) is 0 Å². The summed E-state index contributed by atoms with van der Waals surface area (Å²) in [5.41, 5.74) is 1.37. The summed E-state index contributed by atoms with van der Waals surface area (Å²) in [6, 6.07) is 15.2. The highest BCUT2D eigenvalue weighted by Gasteiger charge is 2.45. The Morgan fingerprint density at radius 2 is 1.72 bits per heavy atom. The SMILES string of the molecule is CCCN1C(=O)C(=O)/C(=C(\O)c2ccc(Cl)cc2)C1c1ccccc1. The van der Waals surface area contributed by atoms with E-state index in [-0.39, 0.29) is 11.3 Å². The number of likely N-dealkylation sites (tertiary alicyclic amines) is 1. The molecule has 4 nitrogen and oxygen atoms in total. The standard InChI is InChI=1S/C20H18ClNO3/c1-2-12-22-17(13-6-4-3-5-7-13)16(19(24)20(22)25)18(23)14-8-10-15(21)11-9-14/h3-11,17,23H,2,12H2,1H3/b18-16-. The molecule has 0 spiro atoms. The number of rotatable bonds is 4. The molecule has 5 heteroatoms. The third-order valence-corrected chi connectivity index (χ3v) is 4.49. The van der Waals surface area contributed by atoms with Gasteiger partial charge in [-0.2, -0.15) is 0 Å². The molecule has 1 amide bonds. The van der Waals surface area contributed by atoms with E-state index in [1.807, 2.05) is 37.3 Å². The maximum absolute atomic E-state index is 12.6. The number of carbonyl (C=O) groups is 2. The van der Waals surface area contributed by atoms with Gasteiger partial charge in [-0.1, -0.05) is 48.9 Å². The van der Waals surface area contributed by atoms with Crippen LogP contribution in [0.4, 0.5) is 0 Å². The summed E-state index contributed by atoms with van der Waals surface area (Å²) in [7, 11) is 0. The fourth-order valence-corrected chi connectivity index (χ4v) is 3.22. The molecule has 1 heterocycles. The third kappa shape index (κ3) is 3.17. The molecule has 0 aliphatic carbocycles. The first-order valence-electron chi connectivity index (χ1n) is 8.14. The van der Waals surface area contributed by atoms with Crippen LogP contribution in [0.1, 0.15) is 30.5 Å². The number of benzene rings is 2. The zero-order valence-electron chi connectivity index (χ0n) is 13.8. The monoisotopic (exact) mass is 355 g/mol. The fraction of sp³-hybridized carbons (Fsp3) is 0.200. The van der Waals surface area contributed by atoms with Crippen molar-refractivity contribution in [3.63, 3.8) is 0 Å². The lowest BCUT2D eigenvalue weighted by atomic mass is 9.95. The van der Waals surface area contributed by atoms with E-state index in [9.17, 15) is 14.7 Å². The Bertz CT molecular complexity index is 828. The van der Waals surface area contributed by atoms with Crippen LogP contribution in [0.2, 0.25) is 5.02 Å². The molecule has 0 aromatic heterocycles. The van der Waals surface area contributed by atoms with Crippen molar-refractivity contribution < 1.29 is 14.7 Å². The molecule has 0 saturated carbocycles. The maximum Gasteiger partial charge on any atom is 0.295 e. The minimum absolute atomic E-state index is 0.118. The number of aliphatic hydroxyl groups excluding tert-OH is 1. The van der Waals surface area contributed by atoms with Gasteiger partial charge in [0.1, 0.15) is 5.76 Å². The number of nitrogens with zero attached hydrogens (tertiary/aromatic N) is 1. The Labute approximate surface area is 151 Å². The van der Waals surface area contributed by atoms with Gasteiger partial charge >= 0.3 is 0 Å². The van der Waals surface area contributed by atoms with Gasteiger partial charge in [-0.15, -0.1) is 0 Å². The summed E-state index contributed by atoms with van der Waals surface area (Å²) in [4.78, 5) is 26.6. The molecule has 25 heavy (non-hydrogen) atoms. The van der Waals surface area contributed by atoms with Crippen LogP contribution in [0.25, 0.3) is 5.76 Å². The second-order valence-electron chi connectivity index (χ2n) is 5.91. The number of halogens is 1. The molecule has 1 aliphatic heterocycles. The molecule has 1 atom stereocenters. The third-order valence-electron chi connectivity index (χ3n) is 4.24. The molecule has 1 saturated heterocycles. The van der Waals surface area contributed by atoms with E-state index < -0.39 is 17.7 Å². The topological polar surface area (TPSA) is 57.6 Å². The van der Waals surface area contributed by atoms with Crippen molar-refractivity contribution in [2.24, 2.45) is 0 Å². The van der Waals surface area contributed by atoms with Crippen molar-refractivity contribution in [2.45, 2.75) is 19.4 Å². The molecule has 0 bridgehead atoms. The summed E-state index contributed by atoms with van der Waals surface area (Å²) in [6.45, 7) is 2.39. The zero-order chi connectivity index (χ0) is 18.0. The largest absolute Gasteiger partial charge is 0.507 e. The molecular weight excluding hydrogens is 338 g/mol. The first-order chi connectivity index (χ1) is 12.0. The Morgan fingerprint density at radius 1 is 1.08 bits per heavy atom. The van der Waals surface area contributed by atoms with E-state index >= 15 is 0 Å². The van der Waals surface area contributed by atoms with Gasteiger partial charge in [0.05, 0.1) is 11.6 Å². The molecular formula is C20H18ClNO3. The van der Waals surface area contributed by atoms with Gasteiger partial charge < -0.3 is 10.0 Å². The minimum atomic E-state index is -0.658. The zero-order valence-corrected chi connectivity index (χ0v) is 14.5. The first-order valence-corrected chi connectivity index (χ1v) is 8.51. The summed E-state index contributed by atoms with van der Waals surface area (Å²) < 4.78 is 0. The summed E-state index contributed by atoms with van der Waals surface area (Å²) in [6.07, 6.45) is 0.720. The lowest BCUT2D eigenvalue weighted by Crippen LogP contribution is -2.30. The first kappa shape index (κ1) is 17.2. The van der Waals surface area contributed by atoms with Crippen molar-refractivity contribution in [1.82, 2.24) is 4.90 Å². The van der Waals surface area contributed by atoms with E-state index in [2.05, 4.69) is 0 Å². The van der Waals surface area contributed by atoms with Crippen molar-refractivity contribution in [3.05, 3.63) is 76.3 Å². The van der Waals surface area contributed by atoms with Gasteiger partial charge in [-0.3, -0.25) is 9.59 Å². The van der Waals surface area contributed by atoms with Gasteiger partial charge in [0.15, 0.2) is 0 Å². The van der Waals surface area contributed by atoms with Gasteiger partial charge in [-0.25, -0.2) is 0 Å². The molecule has 1 aliphatic rings. The molecule has 2 aromatic rings. The number of hydrogen-bond acceptors (Lipinski definition) is 3. The van der Waals surface area contributed by atoms with Crippen LogP contribution in [0.3, 0.4) is 0 Å². The van der Waals surface area contributed by atoms with Gasteiger partial charge in [0, 0.05) is 17.1 Å². The summed E-state index contributed by atoms with van der Waals surface area (Å²) >= 11 is 5.89. The van der Waals surface area contributed by atoms with Crippen molar-refractivity contribution in [3.8, 4) is 0 Å². The fourth-order valence-electron chi connectivity index (χ4n) is 3.10. The molecule has 128 valence electrons. The second kappa shape index (κ2) is 7.11. The number of amides is 1. The van der Waals surface area contributed by atoms with E-state index in [1.165, 1.54) is 4.90 Å². The molecule has 1 fully saturated rings. The maximum atomic E-state index is 12.6. The summed E-state index contributed by atoms with van der Waals surface area (Å²) in [5, 5.41) is 11.3. The van der Waals surface area contributed by atoms with Crippen molar-refractivity contribution in [2.75, 3.05) is 6.54 Å². The average Bonchev–Trinajstić information content (AvgIpc) is 2.88. The Kier molecular flexibility index (Phi) is 4.91. The normalized spacial score (nSPS) is 19.4. The highest BCUT2D eigenvalue weighted by Crippen LogP contribution is 2.39. The molecule has 3 rings (SSSR count). The van der Waals surface area contributed by atoms with Crippen LogP contribution < -0.4 is 0 Å². The minimum Gasteiger partial charge on any atom is -0.507 e. The highest BCUT2D eigenvalue weighted by atomic mass is 35.5. The van der Waals surface area contributed by atoms with Crippen LogP contribution in [-0.2, 0) is 9.59 Å². The van der Waals surface area contributed by atoms with Crippen molar-refractivity contribution >= 4 is 29.1 Å². The summed E-state index contributed by atoms with van der Waals surface area (Å²) in [5.74, 6) is -1.41. The van der Waals surface area contributed by atoms with Crippen LogP contribution in [0, 0.1) is 0 Å². The number of hydrogen-bond donors (Lipinski definition) is 1. The van der Waals surface area contributed by atoms with E-state index in [1.54, 1.807) is 24.3 Å². The smallest absolute Gasteiger partial charge is 0.295 e.